The third-order valence-corrected chi connectivity index (χ3v) is 5.27. The molecule has 0 aliphatic carbocycles. The van der Waals surface area contributed by atoms with Crippen LogP contribution in [0, 0.1) is 10.1 Å². The molecule has 3 aromatic carbocycles. The Morgan fingerprint density at radius 3 is 1.52 bits per heavy atom. The van der Waals surface area contributed by atoms with Crippen LogP contribution in [0.2, 0.25) is 0 Å². The van der Waals surface area contributed by atoms with Crippen molar-refractivity contribution >= 4 is 14.1 Å². The Bertz CT molecular complexity index is 940. The SMILES string of the molecule is COc1ccc(C(Oc2ccc([N+](=O)[O-])cc2)(P=O)c2ccc(OC)cc2)cc1. The van der Waals surface area contributed by atoms with Crippen LogP contribution < -0.4 is 14.2 Å². The second-order valence-corrected chi connectivity index (χ2v) is 6.86. The summed E-state index contributed by atoms with van der Waals surface area (Å²) in [4.78, 5) is 10.4. The fourth-order valence-corrected chi connectivity index (χ4v) is 3.50. The molecule has 7 nitrogen and oxygen atoms in total. The van der Waals surface area contributed by atoms with Gasteiger partial charge in [0.05, 0.1) is 19.1 Å². The van der Waals surface area contributed by atoms with E-state index in [2.05, 4.69) is 0 Å². The van der Waals surface area contributed by atoms with Crippen LogP contribution in [0.3, 0.4) is 0 Å². The van der Waals surface area contributed by atoms with Crippen molar-refractivity contribution < 1.29 is 23.7 Å². The molecule has 0 spiro atoms. The van der Waals surface area contributed by atoms with Crippen molar-refractivity contribution in [3.63, 3.8) is 0 Å². The van der Waals surface area contributed by atoms with E-state index in [1.54, 1.807) is 62.8 Å². The smallest absolute Gasteiger partial charge is 0.269 e. The summed E-state index contributed by atoms with van der Waals surface area (Å²) in [6.45, 7) is 0. The van der Waals surface area contributed by atoms with E-state index < -0.39 is 10.3 Å². The Morgan fingerprint density at radius 2 is 1.17 bits per heavy atom. The van der Waals surface area contributed by atoms with Gasteiger partial charge in [-0.2, -0.15) is 0 Å². The molecule has 29 heavy (non-hydrogen) atoms. The minimum Gasteiger partial charge on any atom is -0.497 e. The Balaban J connectivity index is 2.09. The molecule has 0 amide bonds. The summed E-state index contributed by atoms with van der Waals surface area (Å²) in [5, 5.41) is 9.54. The van der Waals surface area contributed by atoms with E-state index in [1.165, 1.54) is 24.3 Å². The zero-order valence-corrected chi connectivity index (χ0v) is 16.7. The molecule has 3 rings (SSSR count). The van der Waals surface area contributed by atoms with Gasteiger partial charge in [0, 0.05) is 23.3 Å². The topological polar surface area (TPSA) is 87.9 Å². The quantitative estimate of drug-likeness (QED) is 0.288. The van der Waals surface area contributed by atoms with Crippen molar-refractivity contribution in [3.05, 3.63) is 94.0 Å². The highest BCUT2D eigenvalue weighted by Crippen LogP contribution is 2.44. The van der Waals surface area contributed by atoms with Gasteiger partial charge in [-0.05, 0) is 36.4 Å². The lowest BCUT2D eigenvalue weighted by atomic mass is 10.00. The van der Waals surface area contributed by atoms with Gasteiger partial charge >= 0.3 is 0 Å². The summed E-state index contributed by atoms with van der Waals surface area (Å²) >= 11 is 0. The summed E-state index contributed by atoms with van der Waals surface area (Å²) in [7, 11) is 2.80. The Labute approximate surface area is 169 Å². The zero-order chi connectivity index (χ0) is 20.9. The maximum absolute atomic E-state index is 12.5. The second kappa shape index (κ2) is 8.71. The van der Waals surface area contributed by atoms with Crippen molar-refractivity contribution in [2.24, 2.45) is 0 Å². The molecule has 0 fully saturated rings. The molecule has 0 aliphatic heterocycles. The minimum absolute atomic E-state index is 0.0588. The largest absolute Gasteiger partial charge is 0.497 e. The van der Waals surface area contributed by atoms with Gasteiger partial charge in [0.1, 0.15) is 17.2 Å². The first-order valence-corrected chi connectivity index (χ1v) is 9.40. The highest BCUT2D eigenvalue weighted by atomic mass is 31.1. The van der Waals surface area contributed by atoms with Crippen LogP contribution >= 0.6 is 8.46 Å². The number of nitrogens with zero attached hydrogens (tertiary/aromatic N) is 1. The molecule has 3 aromatic rings. The summed E-state index contributed by atoms with van der Waals surface area (Å²) in [6, 6.07) is 19.7. The van der Waals surface area contributed by atoms with Gasteiger partial charge in [0.2, 0.25) is 13.8 Å². The average Bonchev–Trinajstić information content (AvgIpc) is 2.78. The van der Waals surface area contributed by atoms with E-state index in [0.29, 0.717) is 28.4 Å². The lowest BCUT2D eigenvalue weighted by Gasteiger charge is -2.29. The summed E-state index contributed by atoms with van der Waals surface area (Å²) in [5.41, 5.74) is 1.19. The fourth-order valence-electron chi connectivity index (χ4n) is 2.85. The molecular weight excluding hydrogens is 393 g/mol. The van der Waals surface area contributed by atoms with Crippen LogP contribution in [0.1, 0.15) is 11.1 Å². The molecule has 0 aromatic heterocycles. The Kier molecular flexibility index (Phi) is 6.10. The predicted molar refractivity (Wildman–Crippen MR) is 108 cm³/mol. The molecule has 0 aliphatic rings. The molecule has 148 valence electrons. The lowest BCUT2D eigenvalue weighted by Crippen LogP contribution is -2.28. The van der Waals surface area contributed by atoms with E-state index in [9.17, 15) is 14.7 Å². The molecular formula is C21H18NO6P. The number of nitro groups is 1. The molecule has 0 atom stereocenters. The molecule has 0 saturated carbocycles. The summed E-state index contributed by atoms with van der Waals surface area (Å²) in [6.07, 6.45) is 0. The minimum atomic E-state index is -1.37. The average molecular weight is 411 g/mol. The van der Waals surface area contributed by atoms with Crippen LogP contribution in [0.25, 0.3) is 0 Å². The van der Waals surface area contributed by atoms with E-state index in [4.69, 9.17) is 14.2 Å². The van der Waals surface area contributed by atoms with Crippen LogP contribution in [-0.2, 0) is 9.91 Å². The van der Waals surface area contributed by atoms with Crippen molar-refractivity contribution in [2.45, 2.75) is 5.34 Å². The van der Waals surface area contributed by atoms with Crippen molar-refractivity contribution in [1.82, 2.24) is 0 Å². The number of methoxy groups -OCH3 is 2. The highest BCUT2D eigenvalue weighted by Gasteiger charge is 2.38. The van der Waals surface area contributed by atoms with Crippen molar-refractivity contribution in [2.75, 3.05) is 14.2 Å². The molecule has 0 saturated heterocycles. The number of rotatable bonds is 8. The number of benzene rings is 3. The van der Waals surface area contributed by atoms with Gasteiger partial charge in [-0.3, -0.25) is 14.7 Å². The summed E-state index contributed by atoms with van der Waals surface area (Å²) < 4.78 is 29.1. The van der Waals surface area contributed by atoms with Gasteiger partial charge in [-0.15, -0.1) is 0 Å². The third kappa shape index (κ3) is 4.20. The Hall–Kier alpha value is -3.44. The Morgan fingerprint density at radius 1 is 0.759 bits per heavy atom. The van der Waals surface area contributed by atoms with Crippen LogP contribution in [0.5, 0.6) is 17.2 Å². The first kappa shape index (κ1) is 20.3. The van der Waals surface area contributed by atoms with E-state index in [0.717, 1.165) is 0 Å². The van der Waals surface area contributed by atoms with Crippen LogP contribution in [0.4, 0.5) is 5.69 Å². The first-order chi connectivity index (χ1) is 14.0. The second-order valence-electron chi connectivity index (χ2n) is 6.05. The molecule has 0 unspecified atom stereocenters. The number of ether oxygens (including phenoxy) is 3. The molecule has 8 heteroatoms. The van der Waals surface area contributed by atoms with E-state index >= 15 is 0 Å². The normalized spacial score (nSPS) is 11.1. The number of nitro benzene ring substituents is 1. The predicted octanol–water partition coefficient (Wildman–Crippen LogP) is 5.18. The van der Waals surface area contributed by atoms with Gasteiger partial charge in [-0.1, -0.05) is 24.3 Å². The molecule has 0 N–H and O–H groups in total. The van der Waals surface area contributed by atoms with E-state index in [-0.39, 0.29) is 14.1 Å². The van der Waals surface area contributed by atoms with Crippen molar-refractivity contribution in [1.29, 1.82) is 0 Å². The maximum atomic E-state index is 12.5. The third-order valence-electron chi connectivity index (χ3n) is 4.40. The maximum Gasteiger partial charge on any atom is 0.269 e. The van der Waals surface area contributed by atoms with Crippen LogP contribution in [0.15, 0.2) is 72.8 Å². The van der Waals surface area contributed by atoms with Gasteiger partial charge in [0.25, 0.3) is 5.69 Å². The molecule has 0 radical (unpaired) electrons. The van der Waals surface area contributed by atoms with Gasteiger partial charge < -0.3 is 14.2 Å². The number of hydrogen-bond donors (Lipinski definition) is 0. The van der Waals surface area contributed by atoms with E-state index in [1.807, 2.05) is 0 Å². The lowest BCUT2D eigenvalue weighted by molar-refractivity contribution is -0.384. The standard InChI is InChI=1S/C21H18NO6P/c1-26-18-9-3-15(4-10-18)21(29-25,16-5-11-19(27-2)12-6-16)28-20-13-7-17(8-14-20)22(23)24/h3-14H,1-2H3. The molecule has 0 bridgehead atoms. The van der Waals surface area contributed by atoms with Gasteiger partial charge in [-0.25, -0.2) is 0 Å². The molecule has 0 heterocycles. The highest BCUT2D eigenvalue weighted by molar-refractivity contribution is 7.25. The zero-order valence-electron chi connectivity index (χ0n) is 15.8. The number of non-ortho nitro benzene ring substituents is 1. The van der Waals surface area contributed by atoms with Crippen molar-refractivity contribution in [3.8, 4) is 17.2 Å². The summed E-state index contributed by atoms with van der Waals surface area (Å²) in [5.74, 6) is 1.64. The fraction of sp³-hybridized carbons (Fsp3) is 0.143. The van der Waals surface area contributed by atoms with Crippen LogP contribution in [-0.4, -0.2) is 19.1 Å². The number of hydrogen-bond acceptors (Lipinski definition) is 6. The first-order valence-electron chi connectivity index (χ1n) is 8.59. The monoisotopic (exact) mass is 411 g/mol. The van der Waals surface area contributed by atoms with Gasteiger partial charge in [0.15, 0.2) is 0 Å².